The third-order valence-corrected chi connectivity index (χ3v) is 3.45. The molecule has 0 amide bonds. The summed E-state index contributed by atoms with van der Waals surface area (Å²) in [5, 5.41) is 3.59. The molecule has 0 saturated carbocycles. The van der Waals surface area contributed by atoms with Crippen molar-refractivity contribution in [2.75, 3.05) is 20.1 Å². The predicted molar refractivity (Wildman–Crippen MR) is 59.8 cm³/mol. The molecule has 0 aliphatic carbocycles. The zero-order valence-corrected chi connectivity index (χ0v) is 9.29. The van der Waals surface area contributed by atoms with Crippen LogP contribution < -0.4 is 5.32 Å². The molecule has 0 radical (unpaired) electrons. The second-order valence-corrected chi connectivity index (χ2v) is 4.63. The number of rotatable bonds is 1. The van der Waals surface area contributed by atoms with Gasteiger partial charge in [0.1, 0.15) is 0 Å². The highest BCUT2D eigenvalue weighted by Crippen LogP contribution is 2.16. The van der Waals surface area contributed by atoms with Gasteiger partial charge in [-0.2, -0.15) is 0 Å². The van der Waals surface area contributed by atoms with Crippen LogP contribution in [-0.4, -0.2) is 43.0 Å². The van der Waals surface area contributed by atoms with Gasteiger partial charge in [-0.15, -0.1) is 0 Å². The highest BCUT2D eigenvalue weighted by Gasteiger charge is 2.23. The number of amidine groups is 1. The lowest BCUT2D eigenvalue weighted by Gasteiger charge is -2.35. The Bertz CT molecular complexity index is 225. The quantitative estimate of drug-likeness (QED) is 0.682. The molecule has 0 spiro atoms. The van der Waals surface area contributed by atoms with Gasteiger partial charge in [0.15, 0.2) is 0 Å². The standard InChI is InChI=1S/C11H21N3/c1-9-8-10(5-7-14(9)2)13-11-4-3-6-12-11/h9-10H,3-8H2,1-2H3,(H,12,13). The number of aliphatic imine (C=N–C) groups is 1. The summed E-state index contributed by atoms with van der Waals surface area (Å²) >= 11 is 0. The minimum absolute atomic E-state index is 0.665. The van der Waals surface area contributed by atoms with E-state index in [9.17, 15) is 0 Å². The van der Waals surface area contributed by atoms with E-state index >= 15 is 0 Å². The summed E-state index contributed by atoms with van der Waals surface area (Å²) in [5.41, 5.74) is 0. The molecule has 1 N–H and O–H groups in total. The minimum atomic E-state index is 0.665. The topological polar surface area (TPSA) is 27.6 Å². The van der Waals surface area contributed by atoms with E-state index in [1.807, 2.05) is 0 Å². The fourth-order valence-corrected chi connectivity index (χ4v) is 2.31. The van der Waals surface area contributed by atoms with E-state index in [0.29, 0.717) is 12.1 Å². The molecule has 0 aromatic carbocycles. The van der Waals surface area contributed by atoms with Crippen LogP contribution in [0, 0.1) is 0 Å². The zero-order chi connectivity index (χ0) is 9.97. The van der Waals surface area contributed by atoms with Crippen molar-refractivity contribution in [2.45, 2.75) is 44.7 Å². The lowest BCUT2D eigenvalue weighted by Crippen LogP contribution is -2.47. The van der Waals surface area contributed by atoms with Crippen molar-refractivity contribution >= 4 is 5.84 Å². The number of likely N-dealkylation sites (tertiary alicyclic amines) is 1. The fraction of sp³-hybridized carbons (Fsp3) is 0.909. The van der Waals surface area contributed by atoms with E-state index in [4.69, 9.17) is 0 Å². The van der Waals surface area contributed by atoms with Crippen LogP contribution in [0.3, 0.4) is 0 Å². The molecule has 2 unspecified atom stereocenters. The fourth-order valence-electron chi connectivity index (χ4n) is 2.31. The van der Waals surface area contributed by atoms with Gasteiger partial charge in [0.25, 0.3) is 0 Å². The van der Waals surface area contributed by atoms with Gasteiger partial charge < -0.3 is 10.2 Å². The van der Waals surface area contributed by atoms with Crippen LogP contribution in [0.4, 0.5) is 0 Å². The van der Waals surface area contributed by atoms with Gasteiger partial charge in [-0.3, -0.25) is 4.99 Å². The molecule has 2 aliphatic rings. The summed E-state index contributed by atoms with van der Waals surface area (Å²) in [4.78, 5) is 6.90. The van der Waals surface area contributed by atoms with Crippen molar-refractivity contribution in [1.29, 1.82) is 0 Å². The van der Waals surface area contributed by atoms with Gasteiger partial charge in [-0.05, 0) is 33.2 Å². The monoisotopic (exact) mass is 195 g/mol. The molecule has 1 saturated heterocycles. The third kappa shape index (κ3) is 2.27. The SMILES string of the molecule is CC1CC(NC2=NCCC2)CCN1C. The van der Waals surface area contributed by atoms with Crippen molar-refractivity contribution < 1.29 is 0 Å². The summed E-state index contributed by atoms with van der Waals surface area (Å²) in [6, 6.07) is 1.38. The Morgan fingerprint density at radius 1 is 1.50 bits per heavy atom. The maximum Gasteiger partial charge on any atom is 0.0965 e. The maximum absolute atomic E-state index is 4.47. The average molecular weight is 195 g/mol. The molecular weight excluding hydrogens is 174 g/mol. The van der Waals surface area contributed by atoms with Crippen LogP contribution in [0.25, 0.3) is 0 Å². The Labute approximate surface area is 86.6 Å². The Balaban J connectivity index is 1.81. The van der Waals surface area contributed by atoms with Gasteiger partial charge in [0, 0.05) is 31.6 Å². The van der Waals surface area contributed by atoms with Crippen LogP contribution in [0.15, 0.2) is 4.99 Å². The second-order valence-electron chi connectivity index (χ2n) is 4.63. The van der Waals surface area contributed by atoms with Gasteiger partial charge in [0.05, 0.1) is 5.84 Å². The third-order valence-electron chi connectivity index (χ3n) is 3.45. The summed E-state index contributed by atoms with van der Waals surface area (Å²) in [6.07, 6.45) is 4.93. The highest BCUT2D eigenvalue weighted by atomic mass is 15.2. The molecule has 0 aromatic rings. The average Bonchev–Trinajstić information content (AvgIpc) is 2.64. The second kappa shape index (κ2) is 4.30. The first-order chi connectivity index (χ1) is 6.75. The Hall–Kier alpha value is -0.570. The Morgan fingerprint density at radius 2 is 2.36 bits per heavy atom. The molecule has 14 heavy (non-hydrogen) atoms. The summed E-state index contributed by atoms with van der Waals surface area (Å²) < 4.78 is 0. The predicted octanol–water partition coefficient (Wildman–Crippen LogP) is 1.25. The molecule has 2 heterocycles. The molecule has 80 valence electrons. The van der Waals surface area contributed by atoms with E-state index in [2.05, 4.69) is 29.2 Å². The molecule has 2 rings (SSSR count). The summed E-state index contributed by atoms with van der Waals surface area (Å²) in [6.45, 7) is 4.56. The van der Waals surface area contributed by atoms with E-state index in [-0.39, 0.29) is 0 Å². The van der Waals surface area contributed by atoms with Gasteiger partial charge >= 0.3 is 0 Å². The highest BCUT2D eigenvalue weighted by molar-refractivity contribution is 5.83. The normalized spacial score (nSPS) is 34.3. The van der Waals surface area contributed by atoms with Crippen LogP contribution >= 0.6 is 0 Å². The molecule has 0 aromatic heterocycles. The van der Waals surface area contributed by atoms with E-state index < -0.39 is 0 Å². The number of hydrogen-bond donors (Lipinski definition) is 1. The van der Waals surface area contributed by atoms with Crippen LogP contribution in [0.5, 0.6) is 0 Å². The number of hydrogen-bond acceptors (Lipinski definition) is 3. The van der Waals surface area contributed by atoms with E-state index in [0.717, 1.165) is 6.54 Å². The van der Waals surface area contributed by atoms with Crippen molar-refractivity contribution in [2.24, 2.45) is 4.99 Å². The maximum atomic E-state index is 4.47. The minimum Gasteiger partial charge on any atom is -0.371 e. The smallest absolute Gasteiger partial charge is 0.0965 e. The van der Waals surface area contributed by atoms with E-state index in [1.54, 1.807) is 0 Å². The van der Waals surface area contributed by atoms with Crippen molar-refractivity contribution in [3.63, 3.8) is 0 Å². The Morgan fingerprint density at radius 3 is 3.00 bits per heavy atom. The number of nitrogens with one attached hydrogen (secondary N) is 1. The molecule has 3 heteroatoms. The molecule has 3 nitrogen and oxygen atoms in total. The van der Waals surface area contributed by atoms with Crippen LogP contribution in [0.1, 0.15) is 32.6 Å². The first kappa shape index (κ1) is 9.97. The number of nitrogens with zero attached hydrogens (tertiary/aromatic N) is 2. The largest absolute Gasteiger partial charge is 0.371 e. The molecular formula is C11H21N3. The van der Waals surface area contributed by atoms with Crippen molar-refractivity contribution in [3.05, 3.63) is 0 Å². The lowest BCUT2D eigenvalue weighted by atomic mass is 9.99. The van der Waals surface area contributed by atoms with Crippen molar-refractivity contribution in [1.82, 2.24) is 10.2 Å². The van der Waals surface area contributed by atoms with E-state index in [1.165, 1.54) is 38.1 Å². The first-order valence-corrected chi connectivity index (χ1v) is 5.76. The molecule has 0 bridgehead atoms. The van der Waals surface area contributed by atoms with Crippen LogP contribution in [-0.2, 0) is 0 Å². The molecule has 1 fully saturated rings. The molecule has 2 atom stereocenters. The number of piperidine rings is 1. The van der Waals surface area contributed by atoms with Gasteiger partial charge in [0.2, 0.25) is 0 Å². The zero-order valence-electron chi connectivity index (χ0n) is 9.29. The summed E-state index contributed by atoms with van der Waals surface area (Å²) in [7, 11) is 2.22. The summed E-state index contributed by atoms with van der Waals surface area (Å²) in [5.74, 6) is 1.26. The Kier molecular flexibility index (Phi) is 3.06. The lowest BCUT2D eigenvalue weighted by molar-refractivity contribution is 0.177. The van der Waals surface area contributed by atoms with Gasteiger partial charge in [-0.1, -0.05) is 0 Å². The van der Waals surface area contributed by atoms with Crippen molar-refractivity contribution in [3.8, 4) is 0 Å². The van der Waals surface area contributed by atoms with Gasteiger partial charge in [-0.25, -0.2) is 0 Å². The first-order valence-electron chi connectivity index (χ1n) is 5.76. The molecule has 2 aliphatic heterocycles. The van der Waals surface area contributed by atoms with Crippen LogP contribution in [0.2, 0.25) is 0 Å².